The molecule has 1 rings (SSSR count). The summed E-state index contributed by atoms with van der Waals surface area (Å²) >= 11 is 0. The molecule has 0 heterocycles. The van der Waals surface area contributed by atoms with Crippen LogP contribution < -0.4 is 0 Å². The van der Waals surface area contributed by atoms with Gasteiger partial charge in [0.1, 0.15) is 5.78 Å². The first-order chi connectivity index (χ1) is 8.27. The molecule has 0 saturated carbocycles. The molecule has 0 aromatic heterocycles. The number of rotatable bonds is 7. The van der Waals surface area contributed by atoms with E-state index in [4.69, 9.17) is 0 Å². The third-order valence-electron chi connectivity index (χ3n) is 3.89. The molecule has 1 atom stereocenters. The molecule has 0 N–H and O–H groups in total. The Balaban J connectivity index is 2.42. The van der Waals surface area contributed by atoms with Gasteiger partial charge >= 0.3 is 0 Å². The maximum Gasteiger partial charge on any atom is 0.139 e. The lowest BCUT2D eigenvalue weighted by Crippen LogP contribution is -2.14. The lowest BCUT2D eigenvalue weighted by atomic mass is 9.90. The number of hydrogen-bond donors (Lipinski definition) is 0. The highest BCUT2D eigenvalue weighted by Crippen LogP contribution is 2.23. The normalized spacial score (nSPS) is 18.4. The second kappa shape index (κ2) is 8.49. The molecule has 0 bridgehead atoms. The first-order valence-electron chi connectivity index (χ1n) is 7.48. The van der Waals surface area contributed by atoms with Gasteiger partial charge in [-0.05, 0) is 38.5 Å². The van der Waals surface area contributed by atoms with E-state index in [2.05, 4.69) is 19.9 Å². The highest BCUT2D eigenvalue weighted by molar-refractivity contribution is 5.83. The maximum absolute atomic E-state index is 12.2. The highest BCUT2D eigenvalue weighted by atomic mass is 16.1. The fourth-order valence-corrected chi connectivity index (χ4v) is 2.65. The number of carbonyl (C=O) groups is 1. The van der Waals surface area contributed by atoms with Crippen LogP contribution in [0.25, 0.3) is 0 Å². The zero-order valence-corrected chi connectivity index (χ0v) is 11.6. The Morgan fingerprint density at radius 1 is 1.29 bits per heavy atom. The molecule has 1 unspecified atom stereocenters. The van der Waals surface area contributed by atoms with Crippen molar-refractivity contribution in [2.75, 3.05) is 0 Å². The molecule has 1 nitrogen and oxygen atoms in total. The average molecular weight is 236 g/mol. The third-order valence-corrected chi connectivity index (χ3v) is 3.89. The minimum absolute atomic E-state index is 0.319. The summed E-state index contributed by atoms with van der Waals surface area (Å²) in [5, 5.41) is 0. The summed E-state index contributed by atoms with van der Waals surface area (Å²) in [5.41, 5.74) is 1.42. The lowest BCUT2D eigenvalue weighted by Gasteiger charge is -2.14. The highest BCUT2D eigenvalue weighted by Gasteiger charge is 2.17. The summed E-state index contributed by atoms with van der Waals surface area (Å²) in [4.78, 5) is 12.2. The molecule has 1 aliphatic rings. The Morgan fingerprint density at radius 3 is 2.82 bits per heavy atom. The molecular weight excluding hydrogens is 208 g/mol. The first kappa shape index (κ1) is 14.5. The molecule has 0 aromatic rings. The van der Waals surface area contributed by atoms with Gasteiger partial charge < -0.3 is 0 Å². The second-order valence-electron chi connectivity index (χ2n) is 5.35. The zero-order valence-electron chi connectivity index (χ0n) is 11.6. The Bertz CT molecular complexity index is 252. The first-order valence-corrected chi connectivity index (χ1v) is 7.48. The molecule has 1 aliphatic carbocycles. The number of hydrogen-bond acceptors (Lipinski definition) is 1. The van der Waals surface area contributed by atoms with Gasteiger partial charge in [0.15, 0.2) is 0 Å². The van der Waals surface area contributed by atoms with E-state index in [1.807, 2.05) is 0 Å². The summed E-state index contributed by atoms with van der Waals surface area (Å²) in [6.07, 6.45) is 13.9. The van der Waals surface area contributed by atoms with Gasteiger partial charge in [0.05, 0.1) is 0 Å². The van der Waals surface area contributed by atoms with Crippen LogP contribution in [-0.4, -0.2) is 5.78 Å². The lowest BCUT2D eigenvalue weighted by molar-refractivity contribution is -0.122. The van der Waals surface area contributed by atoms with E-state index in [0.717, 1.165) is 25.7 Å². The molecule has 17 heavy (non-hydrogen) atoms. The summed E-state index contributed by atoms with van der Waals surface area (Å²) in [7, 11) is 0. The fraction of sp³-hybridized carbons (Fsp3) is 0.812. The SMILES string of the molecule is CCCCC(CC)C(=O)CC1=CCCCCC1. The number of allylic oxidation sites excluding steroid dienone is 2. The van der Waals surface area contributed by atoms with Crippen molar-refractivity contribution in [3.63, 3.8) is 0 Å². The van der Waals surface area contributed by atoms with Gasteiger partial charge in [-0.2, -0.15) is 0 Å². The quantitative estimate of drug-likeness (QED) is 0.565. The molecule has 0 fully saturated rings. The van der Waals surface area contributed by atoms with Gasteiger partial charge in [-0.25, -0.2) is 0 Å². The van der Waals surface area contributed by atoms with Crippen molar-refractivity contribution in [1.29, 1.82) is 0 Å². The van der Waals surface area contributed by atoms with E-state index < -0.39 is 0 Å². The molecule has 0 spiro atoms. The van der Waals surface area contributed by atoms with E-state index >= 15 is 0 Å². The Hall–Kier alpha value is -0.590. The Kier molecular flexibility index (Phi) is 7.23. The van der Waals surface area contributed by atoms with Crippen LogP contribution in [0.2, 0.25) is 0 Å². The van der Waals surface area contributed by atoms with E-state index in [-0.39, 0.29) is 0 Å². The van der Waals surface area contributed by atoms with E-state index in [1.165, 1.54) is 44.1 Å². The van der Waals surface area contributed by atoms with Crippen molar-refractivity contribution < 1.29 is 4.79 Å². The summed E-state index contributed by atoms with van der Waals surface area (Å²) in [6, 6.07) is 0. The summed E-state index contributed by atoms with van der Waals surface area (Å²) in [5.74, 6) is 0.813. The van der Waals surface area contributed by atoms with Gasteiger partial charge in [0.2, 0.25) is 0 Å². The van der Waals surface area contributed by atoms with Crippen LogP contribution in [0.4, 0.5) is 0 Å². The van der Waals surface area contributed by atoms with Crippen LogP contribution in [-0.2, 0) is 4.79 Å². The molecule has 0 aliphatic heterocycles. The smallest absolute Gasteiger partial charge is 0.139 e. The van der Waals surface area contributed by atoms with Crippen LogP contribution in [0.3, 0.4) is 0 Å². The molecule has 0 amide bonds. The minimum Gasteiger partial charge on any atom is -0.299 e. The van der Waals surface area contributed by atoms with Gasteiger partial charge in [-0.1, -0.05) is 44.8 Å². The predicted octanol–water partition coefficient (Wildman–Crippen LogP) is 5.05. The minimum atomic E-state index is 0.319. The van der Waals surface area contributed by atoms with Crippen molar-refractivity contribution in [3.05, 3.63) is 11.6 Å². The molecule has 0 radical (unpaired) electrons. The van der Waals surface area contributed by atoms with E-state index in [1.54, 1.807) is 0 Å². The third kappa shape index (κ3) is 5.52. The largest absolute Gasteiger partial charge is 0.299 e. The summed E-state index contributed by atoms with van der Waals surface area (Å²) < 4.78 is 0. The zero-order chi connectivity index (χ0) is 12.5. The van der Waals surface area contributed by atoms with Crippen LogP contribution in [0, 0.1) is 5.92 Å². The molecule has 0 aromatic carbocycles. The molecule has 0 saturated heterocycles. The van der Waals surface area contributed by atoms with Gasteiger partial charge in [0.25, 0.3) is 0 Å². The van der Waals surface area contributed by atoms with E-state index in [9.17, 15) is 4.79 Å². The van der Waals surface area contributed by atoms with Crippen LogP contribution in [0.1, 0.15) is 78.1 Å². The fourth-order valence-electron chi connectivity index (χ4n) is 2.65. The van der Waals surface area contributed by atoms with Gasteiger partial charge in [0, 0.05) is 12.3 Å². The molecule has 1 heteroatoms. The Morgan fingerprint density at radius 2 is 2.12 bits per heavy atom. The number of ketones is 1. The second-order valence-corrected chi connectivity index (χ2v) is 5.35. The van der Waals surface area contributed by atoms with Crippen molar-refractivity contribution in [1.82, 2.24) is 0 Å². The van der Waals surface area contributed by atoms with Crippen LogP contribution >= 0.6 is 0 Å². The molecule has 98 valence electrons. The molecular formula is C16H28O. The topological polar surface area (TPSA) is 17.1 Å². The standard InChI is InChI=1S/C16H28O/c1-3-5-12-15(4-2)16(17)13-14-10-8-6-7-9-11-14/h10,15H,3-9,11-13H2,1-2H3. The summed E-state index contributed by atoms with van der Waals surface area (Å²) in [6.45, 7) is 4.35. The van der Waals surface area contributed by atoms with Crippen molar-refractivity contribution in [2.45, 2.75) is 78.1 Å². The number of unbranched alkanes of at least 4 members (excludes halogenated alkanes) is 1. The van der Waals surface area contributed by atoms with Crippen LogP contribution in [0.5, 0.6) is 0 Å². The van der Waals surface area contributed by atoms with Gasteiger partial charge in [-0.3, -0.25) is 4.79 Å². The predicted molar refractivity (Wildman–Crippen MR) is 74.1 cm³/mol. The monoisotopic (exact) mass is 236 g/mol. The van der Waals surface area contributed by atoms with Crippen molar-refractivity contribution >= 4 is 5.78 Å². The number of Topliss-reactive ketones (excluding diaryl/α,β-unsaturated/α-hetero) is 1. The van der Waals surface area contributed by atoms with E-state index in [0.29, 0.717) is 11.7 Å². The maximum atomic E-state index is 12.2. The van der Waals surface area contributed by atoms with Crippen molar-refractivity contribution in [2.24, 2.45) is 5.92 Å². The van der Waals surface area contributed by atoms with Crippen LogP contribution in [0.15, 0.2) is 11.6 Å². The average Bonchev–Trinajstić information content (AvgIpc) is 2.58. The van der Waals surface area contributed by atoms with Gasteiger partial charge in [-0.15, -0.1) is 0 Å². The Labute approximate surface area is 107 Å². The number of carbonyl (C=O) groups excluding carboxylic acids is 1. The van der Waals surface area contributed by atoms with Crippen molar-refractivity contribution in [3.8, 4) is 0 Å².